The van der Waals surface area contributed by atoms with E-state index in [0.717, 1.165) is 16.3 Å². The maximum Gasteiger partial charge on any atom is 0.142 e. The third-order valence-corrected chi connectivity index (χ3v) is 2.75. The van der Waals surface area contributed by atoms with Gasteiger partial charge >= 0.3 is 0 Å². The van der Waals surface area contributed by atoms with Crippen molar-refractivity contribution in [3.05, 3.63) is 40.3 Å². The number of hydrogen-bond acceptors (Lipinski definition) is 4. The van der Waals surface area contributed by atoms with Crippen LogP contribution in [-0.2, 0) is 6.61 Å². The summed E-state index contributed by atoms with van der Waals surface area (Å²) in [5.41, 5.74) is 7.63. The molecule has 2 aromatic rings. The van der Waals surface area contributed by atoms with E-state index in [1.807, 2.05) is 30.5 Å². The topological polar surface area (TPSA) is 48.1 Å². The van der Waals surface area contributed by atoms with Gasteiger partial charge in [0, 0.05) is 11.6 Å². The number of ether oxygens (including phenoxy) is 1. The van der Waals surface area contributed by atoms with E-state index >= 15 is 0 Å². The lowest BCUT2D eigenvalue weighted by Gasteiger charge is -2.07. The van der Waals surface area contributed by atoms with Crippen molar-refractivity contribution in [2.24, 2.45) is 0 Å². The van der Waals surface area contributed by atoms with Crippen LogP contribution in [0.2, 0.25) is 0 Å². The van der Waals surface area contributed by atoms with Gasteiger partial charge in [-0.15, -0.1) is 11.3 Å². The minimum Gasteiger partial charge on any atom is -0.484 e. The first-order valence-electron chi connectivity index (χ1n) is 4.63. The summed E-state index contributed by atoms with van der Waals surface area (Å²) in [5, 5.41) is 2.88. The van der Waals surface area contributed by atoms with Crippen molar-refractivity contribution in [3.8, 4) is 5.75 Å². The van der Waals surface area contributed by atoms with E-state index in [0.29, 0.717) is 12.3 Å². The fraction of sp³-hybridized carbons (Fsp3) is 0.182. The molecule has 0 aliphatic heterocycles. The molecule has 1 heterocycles. The monoisotopic (exact) mass is 220 g/mol. The predicted octanol–water partition coefficient (Wildman–Crippen LogP) is 2.61. The van der Waals surface area contributed by atoms with Crippen LogP contribution < -0.4 is 10.5 Å². The summed E-state index contributed by atoms with van der Waals surface area (Å²) in [5.74, 6) is 0.718. The summed E-state index contributed by atoms with van der Waals surface area (Å²) in [4.78, 5) is 4.13. The smallest absolute Gasteiger partial charge is 0.142 e. The van der Waals surface area contributed by atoms with Crippen molar-refractivity contribution in [3.63, 3.8) is 0 Å². The number of aromatic nitrogens is 1. The number of nitrogen functional groups attached to an aromatic ring is 1. The summed E-state index contributed by atoms with van der Waals surface area (Å²) in [7, 11) is 0. The number of nitrogens with zero attached hydrogens (tertiary/aromatic N) is 1. The van der Waals surface area contributed by atoms with Gasteiger partial charge < -0.3 is 10.5 Å². The second-order valence-electron chi connectivity index (χ2n) is 3.26. The molecule has 0 saturated carbocycles. The Bertz CT molecular complexity index is 440. The van der Waals surface area contributed by atoms with E-state index in [1.165, 1.54) is 0 Å². The van der Waals surface area contributed by atoms with Crippen LogP contribution in [0.25, 0.3) is 0 Å². The van der Waals surface area contributed by atoms with Crippen LogP contribution in [0.1, 0.15) is 10.6 Å². The molecule has 0 fully saturated rings. The molecule has 15 heavy (non-hydrogen) atoms. The van der Waals surface area contributed by atoms with Crippen LogP contribution in [0.5, 0.6) is 5.75 Å². The standard InChI is InChI=1S/C11H12N2OS/c1-8-2-3-10(9(12)6-8)14-7-11-13-4-5-15-11/h2-6H,7,12H2,1H3. The molecule has 0 amide bonds. The van der Waals surface area contributed by atoms with Crippen molar-refractivity contribution in [1.82, 2.24) is 4.98 Å². The highest BCUT2D eigenvalue weighted by Gasteiger charge is 2.01. The maximum absolute atomic E-state index is 5.82. The Kier molecular flexibility index (Phi) is 2.87. The molecule has 0 aliphatic carbocycles. The molecule has 2 rings (SSSR count). The van der Waals surface area contributed by atoms with Gasteiger partial charge in [0.15, 0.2) is 0 Å². The lowest BCUT2D eigenvalue weighted by atomic mass is 10.2. The number of benzene rings is 1. The Morgan fingerprint density at radius 2 is 2.33 bits per heavy atom. The van der Waals surface area contributed by atoms with Crippen molar-refractivity contribution >= 4 is 17.0 Å². The zero-order chi connectivity index (χ0) is 10.7. The van der Waals surface area contributed by atoms with Crippen molar-refractivity contribution in [2.45, 2.75) is 13.5 Å². The number of thiazole rings is 1. The highest BCUT2D eigenvalue weighted by molar-refractivity contribution is 7.09. The molecule has 0 saturated heterocycles. The van der Waals surface area contributed by atoms with Crippen LogP contribution >= 0.6 is 11.3 Å². The average molecular weight is 220 g/mol. The largest absolute Gasteiger partial charge is 0.484 e. The minimum atomic E-state index is 0.477. The molecular weight excluding hydrogens is 208 g/mol. The van der Waals surface area contributed by atoms with Crippen LogP contribution in [0, 0.1) is 6.92 Å². The van der Waals surface area contributed by atoms with Crippen molar-refractivity contribution in [1.29, 1.82) is 0 Å². The van der Waals surface area contributed by atoms with E-state index < -0.39 is 0 Å². The molecule has 3 nitrogen and oxygen atoms in total. The fourth-order valence-electron chi connectivity index (χ4n) is 1.26. The Hall–Kier alpha value is -1.55. The minimum absolute atomic E-state index is 0.477. The van der Waals surface area contributed by atoms with Crippen LogP contribution in [0.4, 0.5) is 5.69 Å². The zero-order valence-electron chi connectivity index (χ0n) is 8.43. The Morgan fingerprint density at radius 3 is 3.00 bits per heavy atom. The summed E-state index contributed by atoms with van der Waals surface area (Å²) in [6, 6.07) is 5.77. The maximum atomic E-state index is 5.82. The highest BCUT2D eigenvalue weighted by atomic mass is 32.1. The first-order chi connectivity index (χ1) is 7.25. The van der Waals surface area contributed by atoms with Gasteiger partial charge in [-0.2, -0.15) is 0 Å². The summed E-state index contributed by atoms with van der Waals surface area (Å²) in [6.07, 6.45) is 1.77. The number of aryl methyl sites for hydroxylation is 1. The quantitative estimate of drug-likeness (QED) is 0.809. The van der Waals surface area contributed by atoms with Gasteiger partial charge in [-0.05, 0) is 24.6 Å². The fourth-order valence-corrected chi connectivity index (χ4v) is 1.79. The summed E-state index contributed by atoms with van der Waals surface area (Å²) >= 11 is 1.57. The molecule has 0 aliphatic rings. The van der Waals surface area contributed by atoms with Gasteiger partial charge in [0.25, 0.3) is 0 Å². The van der Waals surface area contributed by atoms with Gasteiger partial charge in [-0.25, -0.2) is 4.98 Å². The van der Waals surface area contributed by atoms with Gasteiger partial charge in [0.1, 0.15) is 17.4 Å². The molecule has 0 spiro atoms. The molecule has 1 aromatic carbocycles. The molecule has 1 aromatic heterocycles. The molecule has 2 N–H and O–H groups in total. The SMILES string of the molecule is Cc1ccc(OCc2nccs2)c(N)c1. The van der Waals surface area contributed by atoms with E-state index in [4.69, 9.17) is 10.5 Å². The third kappa shape index (κ3) is 2.47. The van der Waals surface area contributed by atoms with E-state index in [2.05, 4.69) is 4.98 Å². The van der Waals surface area contributed by atoms with E-state index in [1.54, 1.807) is 17.5 Å². The Labute approximate surface area is 92.5 Å². The van der Waals surface area contributed by atoms with Gasteiger partial charge in [0.2, 0.25) is 0 Å². The second kappa shape index (κ2) is 4.31. The lowest BCUT2D eigenvalue weighted by Crippen LogP contribution is -1.98. The van der Waals surface area contributed by atoms with Crippen LogP contribution in [0.3, 0.4) is 0 Å². The summed E-state index contributed by atoms with van der Waals surface area (Å²) < 4.78 is 5.56. The van der Waals surface area contributed by atoms with E-state index in [-0.39, 0.29) is 0 Å². The second-order valence-corrected chi connectivity index (χ2v) is 4.23. The van der Waals surface area contributed by atoms with Crippen LogP contribution in [-0.4, -0.2) is 4.98 Å². The molecule has 0 unspecified atom stereocenters. The number of hydrogen-bond donors (Lipinski definition) is 1. The van der Waals surface area contributed by atoms with Crippen LogP contribution in [0.15, 0.2) is 29.8 Å². The number of nitrogens with two attached hydrogens (primary N) is 1. The highest BCUT2D eigenvalue weighted by Crippen LogP contribution is 2.23. The molecule has 78 valence electrons. The van der Waals surface area contributed by atoms with Gasteiger partial charge in [0.05, 0.1) is 5.69 Å². The Balaban J connectivity index is 2.05. The summed E-state index contributed by atoms with van der Waals surface area (Å²) in [6.45, 7) is 2.48. The van der Waals surface area contributed by atoms with E-state index in [9.17, 15) is 0 Å². The average Bonchev–Trinajstić information content (AvgIpc) is 2.69. The number of anilines is 1. The molecule has 4 heteroatoms. The predicted molar refractivity (Wildman–Crippen MR) is 62.0 cm³/mol. The molecule has 0 atom stereocenters. The van der Waals surface area contributed by atoms with Gasteiger partial charge in [-0.1, -0.05) is 6.07 Å². The van der Waals surface area contributed by atoms with Crippen molar-refractivity contribution < 1.29 is 4.74 Å². The molecular formula is C11H12N2OS. The third-order valence-electron chi connectivity index (χ3n) is 2.00. The Morgan fingerprint density at radius 1 is 1.47 bits per heavy atom. The first-order valence-corrected chi connectivity index (χ1v) is 5.51. The zero-order valence-corrected chi connectivity index (χ0v) is 9.25. The lowest BCUT2D eigenvalue weighted by molar-refractivity contribution is 0.307. The van der Waals surface area contributed by atoms with Crippen molar-refractivity contribution in [2.75, 3.05) is 5.73 Å². The first kappa shape index (κ1) is 9.98. The van der Waals surface area contributed by atoms with Gasteiger partial charge in [-0.3, -0.25) is 0 Å². The molecule has 0 radical (unpaired) electrons. The molecule has 0 bridgehead atoms. The normalized spacial score (nSPS) is 10.2. The number of rotatable bonds is 3.